The molecule has 2 unspecified atom stereocenters. The maximum Gasteiger partial charge on any atom is 0.305 e. The van der Waals surface area contributed by atoms with Crippen LogP contribution in [0, 0.1) is 0 Å². The molecular formula is C57H107NO5. The molecule has 0 aromatic rings. The first-order chi connectivity index (χ1) is 31.0. The lowest BCUT2D eigenvalue weighted by molar-refractivity contribution is -0.143. The van der Waals surface area contributed by atoms with E-state index >= 15 is 0 Å². The molecule has 1 amide bonds. The van der Waals surface area contributed by atoms with Gasteiger partial charge in [0.2, 0.25) is 5.91 Å². The number of carbonyl (C=O) groups is 2. The molecule has 0 saturated heterocycles. The fourth-order valence-corrected chi connectivity index (χ4v) is 8.39. The monoisotopic (exact) mass is 886 g/mol. The van der Waals surface area contributed by atoms with Crippen molar-refractivity contribution >= 4 is 11.9 Å². The highest BCUT2D eigenvalue weighted by molar-refractivity contribution is 5.76. The standard InChI is InChI=1S/C57H107NO5/c1-3-5-7-9-11-13-15-16-17-24-27-31-35-39-43-47-51-57(62)63-52-48-44-40-36-32-28-25-22-20-18-19-21-23-26-30-34-38-42-46-50-56(61)58-54(53-59)55(60)49-45-41-37-33-29-14-12-10-8-6-4-2/h17,22,24-25,28,32,54-55,59-60H,3-16,18-21,23,26-27,29-31,33-53H2,1-2H3,(H,58,61)/b24-17-,25-22-,32-28-. The van der Waals surface area contributed by atoms with Gasteiger partial charge < -0.3 is 20.3 Å². The highest BCUT2D eigenvalue weighted by Crippen LogP contribution is 2.16. The van der Waals surface area contributed by atoms with Crippen LogP contribution < -0.4 is 5.32 Å². The van der Waals surface area contributed by atoms with Gasteiger partial charge in [-0.3, -0.25) is 9.59 Å². The summed E-state index contributed by atoms with van der Waals surface area (Å²) in [4.78, 5) is 24.5. The smallest absolute Gasteiger partial charge is 0.305 e. The number of allylic oxidation sites excluding steroid dienone is 6. The number of esters is 1. The lowest BCUT2D eigenvalue weighted by atomic mass is 10.0. The Morgan fingerprint density at radius 1 is 0.444 bits per heavy atom. The van der Waals surface area contributed by atoms with Gasteiger partial charge in [-0.15, -0.1) is 0 Å². The predicted molar refractivity (Wildman–Crippen MR) is 273 cm³/mol. The number of nitrogens with one attached hydrogen (secondary N) is 1. The second-order valence-corrected chi connectivity index (χ2v) is 18.9. The Labute approximate surface area is 392 Å². The average molecular weight is 886 g/mol. The van der Waals surface area contributed by atoms with Crippen LogP contribution in [0.3, 0.4) is 0 Å². The van der Waals surface area contributed by atoms with Crippen molar-refractivity contribution in [3.63, 3.8) is 0 Å². The normalized spacial score (nSPS) is 12.9. The molecule has 6 heteroatoms. The third-order valence-corrected chi connectivity index (χ3v) is 12.7. The summed E-state index contributed by atoms with van der Waals surface area (Å²) in [5.74, 6) is -0.0676. The number of carbonyl (C=O) groups excluding carboxylic acids is 2. The Bertz CT molecular complexity index is 1020. The molecule has 0 saturated carbocycles. The van der Waals surface area contributed by atoms with Crippen LogP contribution in [-0.4, -0.2) is 47.4 Å². The quantitative estimate of drug-likeness (QED) is 0.0245. The minimum absolute atomic E-state index is 0.0211. The molecule has 0 bridgehead atoms. The summed E-state index contributed by atoms with van der Waals surface area (Å²) >= 11 is 0. The van der Waals surface area contributed by atoms with Crippen LogP contribution >= 0.6 is 0 Å². The summed E-state index contributed by atoms with van der Waals surface area (Å²) in [6.45, 7) is 4.89. The third-order valence-electron chi connectivity index (χ3n) is 12.7. The van der Waals surface area contributed by atoms with Crippen LogP contribution in [0.25, 0.3) is 0 Å². The zero-order valence-corrected chi connectivity index (χ0v) is 42.1. The molecule has 0 aliphatic carbocycles. The van der Waals surface area contributed by atoms with Crippen molar-refractivity contribution < 1.29 is 24.5 Å². The summed E-state index contributed by atoms with van der Waals surface area (Å²) in [5.41, 5.74) is 0. The van der Waals surface area contributed by atoms with Crippen LogP contribution in [0.4, 0.5) is 0 Å². The van der Waals surface area contributed by atoms with Gasteiger partial charge in [-0.1, -0.05) is 230 Å². The first-order valence-corrected chi connectivity index (χ1v) is 27.8. The summed E-state index contributed by atoms with van der Waals surface area (Å²) in [7, 11) is 0. The largest absolute Gasteiger partial charge is 0.466 e. The van der Waals surface area contributed by atoms with E-state index in [2.05, 4.69) is 55.6 Å². The van der Waals surface area contributed by atoms with Crippen LogP contribution in [0.5, 0.6) is 0 Å². The Morgan fingerprint density at radius 3 is 1.22 bits per heavy atom. The van der Waals surface area contributed by atoms with Crippen LogP contribution in [0.1, 0.15) is 290 Å². The zero-order valence-electron chi connectivity index (χ0n) is 42.1. The van der Waals surface area contributed by atoms with Crippen molar-refractivity contribution in [3.05, 3.63) is 36.5 Å². The van der Waals surface area contributed by atoms with Gasteiger partial charge in [0.15, 0.2) is 0 Å². The van der Waals surface area contributed by atoms with Crippen LogP contribution in [0.2, 0.25) is 0 Å². The molecule has 0 fully saturated rings. The van der Waals surface area contributed by atoms with Gasteiger partial charge in [-0.2, -0.15) is 0 Å². The molecule has 0 aliphatic heterocycles. The summed E-state index contributed by atoms with van der Waals surface area (Å²) < 4.78 is 5.45. The molecular weight excluding hydrogens is 779 g/mol. The van der Waals surface area contributed by atoms with E-state index < -0.39 is 12.1 Å². The van der Waals surface area contributed by atoms with E-state index in [1.165, 1.54) is 186 Å². The van der Waals surface area contributed by atoms with Crippen LogP contribution in [-0.2, 0) is 14.3 Å². The van der Waals surface area contributed by atoms with E-state index in [9.17, 15) is 19.8 Å². The van der Waals surface area contributed by atoms with Gasteiger partial charge in [0.1, 0.15) is 0 Å². The van der Waals surface area contributed by atoms with Crippen molar-refractivity contribution in [2.45, 2.75) is 302 Å². The molecule has 3 N–H and O–H groups in total. The van der Waals surface area contributed by atoms with Gasteiger partial charge in [0, 0.05) is 12.8 Å². The second-order valence-electron chi connectivity index (χ2n) is 18.9. The SMILES string of the molecule is CCCCCCCCC/C=C\CCCCCCCC(=O)OCCCCC/C=C\C=C/CCCCCCCCCCCCC(=O)NC(CO)C(O)CCCCCCCCCCCCC. The Balaban J connectivity index is 3.47. The number of amides is 1. The number of aliphatic hydroxyl groups is 2. The summed E-state index contributed by atoms with van der Waals surface area (Å²) in [5, 5.41) is 23.1. The Hall–Kier alpha value is -1.92. The van der Waals surface area contributed by atoms with E-state index in [0.29, 0.717) is 25.9 Å². The van der Waals surface area contributed by atoms with E-state index in [0.717, 1.165) is 70.6 Å². The van der Waals surface area contributed by atoms with Crippen molar-refractivity contribution in [2.24, 2.45) is 0 Å². The van der Waals surface area contributed by atoms with Crippen LogP contribution in [0.15, 0.2) is 36.5 Å². The predicted octanol–water partition coefficient (Wildman–Crippen LogP) is 16.9. The highest BCUT2D eigenvalue weighted by Gasteiger charge is 2.20. The van der Waals surface area contributed by atoms with Gasteiger partial charge in [0.25, 0.3) is 0 Å². The average Bonchev–Trinajstić information content (AvgIpc) is 3.28. The zero-order chi connectivity index (χ0) is 45.8. The van der Waals surface area contributed by atoms with Gasteiger partial charge in [0.05, 0.1) is 25.4 Å². The number of unbranched alkanes of at least 4 members (excludes halogenated alkanes) is 35. The van der Waals surface area contributed by atoms with Gasteiger partial charge in [-0.25, -0.2) is 0 Å². The van der Waals surface area contributed by atoms with Crippen molar-refractivity contribution in [1.29, 1.82) is 0 Å². The maximum absolute atomic E-state index is 12.4. The Kier molecular flexibility index (Phi) is 51.1. The lowest BCUT2D eigenvalue weighted by Crippen LogP contribution is -2.45. The van der Waals surface area contributed by atoms with E-state index in [4.69, 9.17) is 4.74 Å². The van der Waals surface area contributed by atoms with E-state index in [1.54, 1.807) is 0 Å². The first kappa shape index (κ1) is 61.1. The van der Waals surface area contributed by atoms with Crippen molar-refractivity contribution in [3.8, 4) is 0 Å². The molecule has 0 rings (SSSR count). The molecule has 0 spiro atoms. The molecule has 0 heterocycles. The lowest BCUT2D eigenvalue weighted by Gasteiger charge is -2.22. The fraction of sp³-hybridized carbons (Fsp3) is 0.860. The summed E-state index contributed by atoms with van der Waals surface area (Å²) in [6, 6.07) is -0.548. The number of aliphatic hydroxyl groups excluding tert-OH is 2. The molecule has 0 aromatic carbocycles. The molecule has 2 atom stereocenters. The van der Waals surface area contributed by atoms with Gasteiger partial charge >= 0.3 is 5.97 Å². The highest BCUT2D eigenvalue weighted by atomic mass is 16.5. The van der Waals surface area contributed by atoms with E-state index in [1.807, 2.05) is 0 Å². The first-order valence-electron chi connectivity index (χ1n) is 27.8. The fourth-order valence-electron chi connectivity index (χ4n) is 8.39. The minimum atomic E-state index is -0.670. The molecule has 0 aromatic heterocycles. The van der Waals surface area contributed by atoms with Gasteiger partial charge in [-0.05, 0) is 83.5 Å². The minimum Gasteiger partial charge on any atom is -0.466 e. The molecule has 6 nitrogen and oxygen atoms in total. The number of ether oxygens (including phenoxy) is 1. The van der Waals surface area contributed by atoms with Crippen molar-refractivity contribution in [1.82, 2.24) is 5.32 Å². The maximum atomic E-state index is 12.4. The topological polar surface area (TPSA) is 95.9 Å². The van der Waals surface area contributed by atoms with Crippen molar-refractivity contribution in [2.75, 3.05) is 13.2 Å². The summed E-state index contributed by atoms with van der Waals surface area (Å²) in [6.07, 6.45) is 64.2. The molecule has 370 valence electrons. The number of hydrogen-bond donors (Lipinski definition) is 3. The number of rotatable bonds is 51. The third kappa shape index (κ3) is 49.4. The second kappa shape index (κ2) is 52.7. The Morgan fingerprint density at radius 2 is 0.794 bits per heavy atom. The number of hydrogen-bond acceptors (Lipinski definition) is 5. The van der Waals surface area contributed by atoms with E-state index in [-0.39, 0.29) is 18.5 Å². The molecule has 0 aliphatic rings. The molecule has 0 radical (unpaired) electrons. The molecule has 63 heavy (non-hydrogen) atoms.